The SMILES string of the molecule is COC(=O)c1sc2ncnc(Nc3ccc(F)cc3OC3CC4COC(=O)N4C3)c2c1C. The molecule has 0 bridgehead atoms. The van der Waals surface area contributed by atoms with E-state index >= 15 is 0 Å². The molecule has 2 aliphatic heterocycles. The third-order valence-corrected chi connectivity index (χ3v) is 6.78. The van der Waals surface area contributed by atoms with Crippen LogP contribution in [-0.2, 0) is 9.47 Å². The molecule has 9 nitrogen and oxygen atoms in total. The summed E-state index contributed by atoms with van der Waals surface area (Å²) < 4.78 is 30.0. The van der Waals surface area contributed by atoms with Crippen molar-refractivity contribution in [3.05, 3.63) is 40.8 Å². The number of thiophene rings is 1. The number of rotatable bonds is 5. The lowest BCUT2D eigenvalue weighted by atomic mass is 10.2. The van der Waals surface area contributed by atoms with Gasteiger partial charge in [-0.25, -0.2) is 23.9 Å². The summed E-state index contributed by atoms with van der Waals surface area (Å²) in [7, 11) is 1.33. The molecule has 2 aliphatic rings. The molecule has 1 N–H and O–H groups in total. The van der Waals surface area contributed by atoms with Gasteiger partial charge < -0.3 is 19.5 Å². The van der Waals surface area contributed by atoms with Gasteiger partial charge in [-0.05, 0) is 24.6 Å². The van der Waals surface area contributed by atoms with E-state index < -0.39 is 11.8 Å². The molecule has 2 saturated heterocycles. The number of hydrogen-bond donors (Lipinski definition) is 1. The first-order chi connectivity index (χ1) is 15.4. The number of anilines is 2. The monoisotopic (exact) mass is 458 g/mol. The minimum Gasteiger partial charge on any atom is -0.486 e. The van der Waals surface area contributed by atoms with Crippen LogP contribution in [0.5, 0.6) is 5.75 Å². The standard InChI is InChI=1S/C21H19FN4O5S/c1-10-16-18(23-9-24-19(16)32-17(10)20(27)29-2)25-14-4-3-11(22)5-15(14)31-13-6-12-8-30-21(28)26(12)7-13/h3-5,9,12-13H,6-8H2,1-2H3,(H,23,24,25). The highest BCUT2D eigenvalue weighted by atomic mass is 32.1. The van der Waals surface area contributed by atoms with Gasteiger partial charge in [-0.1, -0.05) is 0 Å². The van der Waals surface area contributed by atoms with Crippen molar-refractivity contribution in [1.29, 1.82) is 0 Å². The average molecular weight is 458 g/mol. The van der Waals surface area contributed by atoms with Gasteiger partial charge in [-0.15, -0.1) is 11.3 Å². The van der Waals surface area contributed by atoms with Gasteiger partial charge in [-0.2, -0.15) is 0 Å². The van der Waals surface area contributed by atoms with E-state index in [2.05, 4.69) is 15.3 Å². The number of benzene rings is 1. The van der Waals surface area contributed by atoms with Crippen molar-refractivity contribution in [1.82, 2.24) is 14.9 Å². The van der Waals surface area contributed by atoms with Crippen molar-refractivity contribution in [2.45, 2.75) is 25.5 Å². The first kappa shape index (κ1) is 20.4. The van der Waals surface area contributed by atoms with E-state index in [-0.39, 0.29) is 18.2 Å². The van der Waals surface area contributed by atoms with Crippen LogP contribution in [0.3, 0.4) is 0 Å². The lowest BCUT2D eigenvalue weighted by molar-refractivity contribution is 0.0605. The summed E-state index contributed by atoms with van der Waals surface area (Å²) in [5, 5.41) is 3.87. The summed E-state index contributed by atoms with van der Waals surface area (Å²) >= 11 is 1.22. The second kappa shape index (κ2) is 7.90. The smallest absolute Gasteiger partial charge is 0.410 e. The normalized spacial score (nSPS) is 19.7. The quantitative estimate of drug-likeness (QED) is 0.578. The largest absolute Gasteiger partial charge is 0.486 e. The Morgan fingerprint density at radius 2 is 2.22 bits per heavy atom. The van der Waals surface area contributed by atoms with Gasteiger partial charge in [0.25, 0.3) is 0 Å². The second-order valence-electron chi connectivity index (χ2n) is 7.57. The lowest BCUT2D eigenvalue weighted by Crippen LogP contribution is -2.29. The van der Waals surface area contributed by atoms with Gasteiger partial charge in [0.1, 0.15) is 46.1 Å². The van der Waals surface area contributed by atoms with Crippen LogP contribution in [0.1, 0.15) is 21.7 Å². The van der Waals surface area contributed by atoms with Crippen LogP contribution in [-0.4, -0.2) is 59.3 Å². The Morgan fingerprint density at radius 3 is 3.00 bits per heavy atom. The molecule has 4 heterocycles. The molecule has 32 heavy (non-hydrogen) atoms. The minimum absolute atomic E-state index is 0.0239. The van der Waals surface area contributed by atoms with Crippen molar-refractivity contribution < 1.29 is 28.2 Å². The van der Waals surface area contributed by atoms with Crippen molar-refractivity contribution in [2.75, 3.05) is 25.6 Å². The van der Waals surface area contributed by atoms with Crippen molar-refractivity contribution in [3.8, 4) is 5.75 Å². The van der Waals surface area contributed by atoms with E-state index in [1.54, 1.807) is 17.9 Å². The Bertz CT molecular complexity index is 1230. The van der Waals surface area contributed by atoms with Gasteiger partial charge >= 0.3 is 12.1 Å². The highest BCUT2D eigenvalue weighted by Crippen LogP contribution is 2.37. The molecule has 2 aromatic heterocycles. The van der Waals surface area contributed by atoms with Crippen LogP contribution < -0.4 is 10.1 Å². The maximum Gasteiger partial charge on any atom is 0.410 e. The molecule has 0 aliphatic carbocycles. The number of methoxy groups -OCH3 is 1. The second-order valence-corrected chi connectivity index (χ2v) is 8.57. The summed E-state index contributed by atoms with van der Waals surface area (Å²) in [4.78, 5) is 35.1. The Labute approximate surface area is 186 Å². The molecule has 1 amide bonds. The molecule has 11 heteroatoms. The fourth-order valence-corrected chi connectivity index (χ4v) is 5.12. The summed E-state index contributed by atoms with van der Waals surface area (Å²) in [6.07, 6.45) is 1.36. The molecule has 0 saturated carbocycles. The van der Waals surface area contributed by atoms with Crippen molar-refractivity contribution >= 4 is 45.1 Å². The lowest BCUT2D eigenvalue weighted by Gasteiger charge is -2.18. The zero-order chi connectivity index (χ0) is 22.4. The molecule has 166 valence electrons. The summed E-state index contributed by atoms with van der Waals surface area (Å²) in [6, 6.07) is 4.15. The number of ether oxygens (including phenoxy) is 3. The number of halogens is 1. The van der Waals surface area contributed by atoms with Crippen LogP contribution in [0.15, 0.2) is 24.5 Å². The molecule has 3 aromatic rings. The number of carbonyl (C=O) groups is 2. The molecule has 5 rings (SSSR count). The Morgan fingerprint density at radius 1 is 1.38 bits per heavy atom. The molecule has 2 unspecified atom stereocenters. The van der Waals surface area contributed by atoms with E-state index in [0.29, 0.717) is 57.5 Å². The minimum atomic E-state index is -0.448. The molecule has 0 spiro atoms. The summed E-state index contributed by atoms with van der Waals surface area (Å²) in [5.41, 5.74) is 1.20. The number of carbonyl (C=O) groups excluding carboxylic acids is 2. The van der Waals surface area contributed by atoms with Crippen LogP contribution in [0.2, 0.25) is 0 Å². The number of amides is 1. The topological polar surface area (TPSA) is 103 Å². The van der Waals surface area contributed by atoms with Crippen molar-refractivity contribution in [2.24, 2.45) is 0 Å². The number of cyclic esters (lactones) is 1. The van der Waals surface area contributed by atoms with E-state index in [0.717, 1.165) is 0 Å². The van der Waals surface area contributed by atoms with E-state index in [9.17, 15) is 14.0 Å². The van der Waals surface area contributed by atoms with Gasteiger partial charge in [0.05, 0.1) is 30.8 Å². The molecular formula is C21H19FN4O5S. The molecule has 1 aromatic carbocycles. The fraction of sp³-hybridized carbons (Fsp3) is 0.333. The van der Waals surface area contributed by atoms with Gasteiger partial charge in [-0.3, -0.25) is 4.90 Å². The Hall–Kier alpha value is -3.47. The number of nitrogens with one attached hydrogen (secondary N) is 1. The molecule has 0 radical (unpaired) electrons. The third kappa shape index (κ3) is 3.48. The van der Waals surface area contributed by atoms with E-state index in [4.69, 9.17) is 14.2 Å². The predicted molar refractivity (Wildman–Crippen MR) is 114 cm³/mol. The number of hydrogen-bond acceptors (Lipinski definition) is 9. The molecule has 2 atom stereocenters. The maximum absolute atomic E-state index is 14.0. The Balaban J connectivity index is 1.45. The number of nitrogens with zero attached hydrogens (tertiary/aromatic N) is 3. The maximum atomic E-state index is 14.0. The van der Waals surface area contributed by atoms with Gasteiger partial charge in [0, 0.05) is 12.5 Å². The zero-order valence-electron chi connectivity index (χ0n) is 17.3. The van der Waals surface area contributed by atoms with Crippen LogP contribution in [0.25, 0.3) is 10.2 Å². The zero-order valence-corrected chi connectivity index (χ0v) is 18.1. The predicted octanol–water partition coefficient (Wildman–Crippen LogP) is 3.64. The van der Waals surface area contributed by atoms with E-state index in [1.807, 2.05) is 0 Å². The average Bonchev–Trinajstić information content (AvgIpc) is 3.44. The summed E-state index contributed by atoms with van der Waals surface area (Å²) in [5.74, 6) is -0.123. The van der Waals surface area contributed by atoms with Crippen LogP contribution >= 0.6 is 11.3 Å². The Kier molecular flexibility index (Phi) is 5.04. The van der Waals surface area contributed by atoms with Crippen LogP contribution in [0, 0.1) is 12.7 Å². The van der Waals surface area contributed by atoms with Gasteiger partial charge in [0.15, 0.2) is 0 Å². The third-order valence-electron chi connectivity index (χ3n) is 5.60. The highest BCUT2D eigenvalue weighted by Gasteiger charge is 2.42. The number of fused-ring (bicyclic) bond motifs is 2. The number of esters is 1. The van der Waals surface area contributed by atoms with Gasteiger partial charge in [0.2, 0.25) is 0 Å². The molecular weight excluding hydrogens is 439 g/mol. The van der Waals surface area contributed by atoms with Crippen LogP contribution in [0.4, 0.5) is 20.7 Å². The van der Waals surface area contributed by atoms with Crippen molar-refractivity contribution in [3.63, 3.8) is 0 Å². The highest BCUT2D eigenvalue weighted by molar-refractivity contribution is 7.20. The van der Waals surface area contributed by atoms with E-state index in [1.165, 1.54) is 36.9 Å². The number of aryl methyl sites for hydroxylation is 1. The fourth-order valence-electron chi connectivity index (χ4n) is 4.05. The molecule has 2 fully saturated rings. The first-order valence-electron chi connectivity index (χ1n) is 9.93. The first-order valence-corrected chi connectivity index (χ1v) is 10.7. The summed E-state index contributed by atoms with van der Waals surface area (Å²) in [6.45, 7) is 2.52. The number of aromatic nitrogens is 2.